The van der Waals surface area contributed by atoms with Crippen LogP contribution in [0.2, 0.25) is 0 Å². The molecular formula is C15H32N2S. The van der Waals surface area contributed by atoms with Crippen molar-refractivity contribution in [1.82, 2.24) is 4.90 Å². The van der Waals surface area contributed by atoms with Crippen molar-refractivity contribution in [3.8, 4) is 0 Å². The van der Waals surface area contributed by atoms with Gasteiger partial charge in [0, 0.05) is 23.4 Å². The summed E-state index contributed by atoms with van der Waals surface area (Å²) in [5, 5.41) is 0.667. The summed E-state index contributed by atoms with van der Waals surface area (Å²) in [5.41, 5.74) is 6.46. The third-order valence-electron chi connectivity index (χ3n) is 4.43. The van der Waals surface area contributed by atoms with Crippen LogP contribution in [-0.2, 0) is 0 Å². The van der Waals surface area contributed by atoms with Gasteiger partial charge in [-0.15, -0.1) is 0 Å². The van der Waals surface area contributed by atoms with E-state index in [0.717, 1.165) is 6.54 Å². The zero-order chi connectivity index (χ0) is 13.6. The standard InChI is InChI=1S/C15H32N2S/c1-5-6-7-10-17(13(2)3)15(12-16)9-8-11-18-14(15)4/h13-14H,5-12,16H2,1-4H3. The van der Waals surface area contributed by atoms with E-state index in [1.165, 1.54) is 44.4 Å². The molecule has 1 rings (SSSR count). The summed E-state index contributed by atoms with van der Waals surface area (Å²) in [6, 6.07) is 0.603. The van der Waals surface area contributed by atoms with Crippen LogP contribution in [0.5, 0.6) is 0 Å². The molecule has 0 bridgehead atoms. The highest BCUT2D eigenvalue weighted by Crippen LogP contribution is 2.39. The predicted octanol–water partition coefficient (Wildman–Crippen LogP) is 3.50. The van der Waals surface area contributed by atoms with E-state index in [9.17, 15) is 0 Å². The van der Waals surface area contributed by atoms with Crippen LogP contribution in [-0.4, -0.2) is 40.6 Å². The molecule has 1 aliphatic rings. The van der Waals surface area contributed by atoms with Crippen molar-refractivity contribution in [2.75, 3.05) is 18.8 Å². The van der Waals surface area contributed by atoms with Crippen LogP contribution in [0.1, 0.15) is 59.8 Å². The van der Waals surface area contributed by atoms with Crippen LogP contribution < -0.4 is 5.73 Å². The van der Waals surface area contributed by atoms with Crippen molar-refractivity contribution in [2.45, 2.75) is 76.6 Å². The lowest BCUT2D eigenvalue weighted by molar-refractivity contribution is 0.0495. The molecule has 1 fully saturated rings. The van der Waals surface area contributed by atoms with Crippen molar-refractivity contribution in [2.24, 2.45) is 5.73 Å². The minimum absolute atomic E-state index is 0.241. The van der Waals surface area contributed by atoms with Crippen LogP contribution in [0.4, 0.5) is 0 Å². The molecule has 2 unspecified atom stereocenters. The molecule has 2 N–H and O–H groups in total. The molecule has 1 aliphatic heterocycles. The number of rotatable bonds is 7. The molecule has 2 atom stereocenters. The summed E-state index contributed by atoms with van der Waals surface area (Å²) in [5.74, 6) is 1.31. The highest BCUT2D eigenvalue weighted by molar-refractivity contribution is 8.00. The van der Waals surface area contributed by atoms with Gasteiger partial charge in [0.15, 0.2) is 0 Å². The molecule has 1 heterocycles. The molecule has 0 radical (unpaired) electrons. The first-order valence-electron chi connectivity index (χ1n) is 7.67. The average molecular weight is 273 g/mol. The van der Waals surface area contributed by atoms with Crippen LogP contribution in [0.25, 0.3) is 0 Å². The Morgan fingerprint density at radius 3 is 2.61 bits per heavy atom. The van der Waals surface area contributed by atoms with Crippen molar-refractivity contribution < 1.29 is 0 Å². The van der Waals surface area contributed by atoms with Gasteiger partial charge in [0.25, 0.3) is 0 Å². The van der Waals surface area contributed by atoms with E-state index in [2.05, 4.69) is 44.4 Å². The number of thioether (sulfide) groups is 1. The molecule has 0 aromatic rings. The largest absolute Gasteiger partial charge is 0.329 e. The van der Waals surface area contributed by atoms with E-state index >= 15 is 0 Å². The SMILES string of the molecule is CCCCCN(C(C)C)C1(CN)CCCSC1C. The fraction of sp³-hybridized carbons (Fsp3) is 1.00. The molecule has 0 aromatic heterocycles. The van der Waals surface area contributed by atoms with Gasteiger partial charge >= 0.3 is 0 Å². The summed E-state index contributed by atoms with van der Waals surface area (Å²) in [6.07, 6.45) is 6.55. The maximum absolute atomic E-state index is 6.22. The summed E-state index contributed by atoms with van der Waals surface area (Å²) >= 11 is 2.11. The first-order chi connectivity index (χ1) is 8.58. The Kier molecular flexibility index (Phi) is 7.04. The van der Waals surface area contributed by atoms with Crippen LogP contribution in [0.3, 0.4) is 0 Å². The van der Waals surface area contributed by atoms with E-state index < -0.39 is 0 Å². The molecule has 0 aliphatic carbocycles. The molecule has 108 valence electrons. The minimum Gasteiger partial charge on any atom is -0.329 e. The quantitative estimate of drug-likeness (QED) is 0.719. The molecule has 18 heavy (non-hydrogen) atoms. The zero-order valence-corrected chi connectivity index (χ0v) is 13.6. The molecule has 2 nitrogen and oxygen atoms in total. The summed E-state index contributed by atoms with van der Waals surface area (Å²) in [4.78, 5) is 2.71. The normalized spacial score (nSPS) is 29.2. The van der Waals surface area contributed by atoms with E-state index in [-0.39, 0.29) is 5.54 Å². The molecule has 0 aromatic carbocycles. The first-order valence-corrected chi connectivity index (χ1v) is 8.71. The van der Waals surface area contributed by atoms with E-state index in [1.54, 1.807) is 0 Å². The third-order valence-corrected chi connectivity index (χ3v) is 5.89. The van der Waals surface area contributed by atoms with Gasteiger partial charge in [0.05, 0.1) is 0 Å². The molecule has 3 heteroatoms. The number of hydrogen-bond donors (Lipinski definition) is 1. The zero-order valence-electron chi connectivity index (χ0n) is 12.7. The topological polar surface area (TPSA) is 29.3 Å². The van der Waals surface area contributed by atoms with Crippen molar-refractivity contribution in [3.05, 3.63) is 0 Å². The molecular weight excluding hydrogens is 240 g/mol. The maximum atomic E-state index is 6.22. The Hall–Kier alpha value is 0.270. The lowest BCUT2D eigenvalue weighted by atomic mass is 9.86. The van der Waals surface area contributed by atoms with Gasteiger partial charge in [-0.1, -0.05) is 26.7 Å². The van der Waals surface area contributed by atoms with Crippen molar-refractivity contribution >= 4 is 11.8 Å². The van der Waals surface area contributed by atoms with Gasteiger partial charge < -0.3 is 5.73 Å². The molecule has 0 saturated carbocycles. The maximum Gasteiger partial charge on any atom is 0.0450 e. The summed E-state index contributed by atoms with van der Waals surface area (Å²) < 4.78 is 0. The second-order valence-electron chi connectivity index (χ2n) is 5.92. The Bertz CT molecular complexity index is 233. The Labute approximate surface area is 118 Å². The molecule has 1 saturated heterocycles. The Balaban J connectivity index is 2.78. The Morgan fingerprint density at radius 2 is 2.11 bits per heavy atom. The van der Waals surface area contributed by atoms with Crippen LogP contribution in [0.15, 0.2) is 0 Å². The third kappa shape index (κ3) is 3.64. The number of hydrogen-bond acceptors (Lipinski definition) is 3. The second-order valence-corrected chi connectivity index (χ2v) is 7.37. The molecule has 0 amide bonds. The number of unbranched alkanes of at least 4 members (excludes halogenated alkanes) is 2. The van der Waals surface area contributed by atoms with Crippen LogP contribution >= 0.6 is 11.8 Å². The lowest BCUT2D eigenvalue weighted by Gasteiger charge is -2.51. The highest BCUT2D eigenvalue weighted by Gasteiger charge is 2.43. The van der Waals surface area contributed by atoms with Gasteiger partial charge in [0.2, 0.25) is 0 Å². The summed E-state index contributed by atoms with van der Waals surface area (Å²) in [7, 11) is 0. The average Bonchev–Trinajstić information content (AvgIpc) is 2.36. The van der Waals surface area contributed by atoms with Gasteiger partial charge in [-0.3, -0.25) is 4.90 Å². The molecule has 0 spiro atoms. The van der Waals surface area contributed by atoms with E-state index in [1.807, 2.05) is 0 Å². The fourth-order valence-corrected chi connectivity index (χ4v) is 4.61. The minimum atomic E-state index is 0.241. The van der Waals surface area contributed by atoms with Gasteiger partial charge in [0.1, 0.15) is 0 Å². The van der Waals surface area contributed by atoms with Gasteiger partial charge in [-0.25, -0.2) is 0 Å². The number of nitrogens with two attached hydrogens (primary N) is 1. The predicted molar refractivity (Wildman–Crippen MR) is 84.3 cm³/mol. The van der Waals surface area contributed by atoms with Crippen molar-refractivity contribution in [3.63, 3.8) is 0 Å². The van der Waals surface area contributed by atoms with Crippen molar-refractivity contribution in [1.29, 1.82) is 0 Å². The number of nitrogens with zero attached hydrogens (tertiary/aromatic N) is 1. The Morgan fingerprint density at radius 1 is 1.39 bits per heavy atom. The lowest BCUT2D eigenvalue weighted by Crippen LogP contribution is -2.63. The second kappa shape index (κ2) is 7.76. The van der Waals surface area contributed by atoms with E-state index in [0.29, 0.717) is 11.3 Å². The fourth-order valence-electron chi connectivity index (χ4n) is 3.29. The monoisotopic (exact) mass is 272 g/mol. The van der Waals surface area contributed by atoms with Gasteiger partial charge in [-0.05, 0) is 45.4 Å². The van der Waals surface area contributed by atoms with Crippen LogP contribution in [0, 0.1) is 0 Å². The van der Waals surface area contributed by atoms with Gasteiger partial charge in [-0.2, -0.15) is 11.8 Å². The van der Waals surface area contributed by atoms with E-state index in [4.69, 9.17) is 5.73 Å². The smallest absolute Gasteiger partial charge is 0.0450 e. The highest BCUT2D eigenvalue weighted by atomic mass is 32.2. The summed E-state index contributed by atoms with van der Waals surface area (Å²) in [6.45, 7) is 11.3. The first kappa shape index (κ1) is 16.3.